The zero-order valence-corrected chi connectivity index (χ0v) is 17.8. The molecule has 0 aliphatic carbocycles. The van der Waals surface area contributed by atoms with Crippen LogP contribution in [0.25, 0.3) is 16.8 Å². The first-order valence-corrected chi connectivity index (χ1v) is 10.3. The predicted octanol–water partition coefficient (Wildman–Crippen LogP) is 4.97. The van der Waals surface area contributed by atoms with Crippen molar-refractivity contribution in [3.05, 3.63) is 77.9 Å². The molecule has 2 aliphatic heterocycles. The highest BCUT2D eigenvalue weighted by molar-refractivity contribution is 5.97. The number of hydrogen-bond acceptors (Lipinski definition) is 4. The Labute approximate surface area is 177 Å². The van der Waals surface area contributed by atoms with Crippen LogP contribution in [0.1, 0.15) is 25.0 Å². The van der Waals surface area contributed by atoms with Crippen molar-refractivity contribution >= 4 is 34.2 Å². The minimum atomic E-state index is -0.837. The standard InChI is InChI=1S/C26H26N2O2/c1-25(2)24-21-8-6-5-7-19(21)11-14-22(24)28-17-23(29)30-26(25,28)16-15-18-9-12-20(13-10-18)27(3)4/h5-16H,17H2,1-4H3/b16-15+. The van der Waals surface area contributed by atoms with Gasteiger partial charge in [0, 0.05) is 25.5 Å². The Bertz CT molecular complexity index is 1180. The molecule has 0 saturated carbocycles. The van der Waals surface area contributed by atoms with Gasteiger partial charge in [-0.1, -0.05) is 48.5 Å². The molecular formula is C26H26N2O2. The van der Waals surface area contributed by atoms with E-state index in [9.17, 15) is 4.79 Å². The summed E-state index contributed by atoms with van der Waals surface area (Å²) in [6, 6.07) is 21.1. The van der Waals surface area contributed by atoms with Crippen molar-refractivity contribution in [1.29, 1.82) is 0 Å². The van der Waals surface area contributed by atoms with Crippen LogP contribution in [0.3, 0.4) is 0 Å². The fourth-order valence-corrected chi connectivity index (χ4v) is 4.98. The van der Waals surface area contributed by atoms with E-state index in [1.165, 1.54) is 16.3 Å². The van der Waals surface area contributed by atoms with Gasteiger partial charge in [0.25, 0.3) is 0 Å². The van der Waals surface area contributed by atoms with E-state index in [1.54, 1.807) is 0 Å². The lowest BCUT2D eigenvalue weighted by molar-refractivity contribution is -0.147. The summed E-state index contributed by atoms with van der Waals surface area (Å²) in [7, 11) is 4.06. The van der Waals surface area contributed by atoms with Crippen LogP contribution in [-0.2, 0) is 14.9 Å². The van der Waals surface area contributed by atoms with Gasteiger partial charge in [0.05, 0.1) is 5.41 Å². The Morgan fingerprint density at radius 3 is 2.47 bits per heavy atom. The summed E-state index contributed by atoms with van der Waals surface area (Å²) in [6.07, 6.45) is 4.14. The minimum Gasteiger partial charge on any atom is -0.433 e. The molecule has 1 saturated heterocycles. The van der Waals surface area contributed by atoms with Crippen LogP contribution in [0.15, 0.2) is 66.7 Å². The predicted molar refractivity (Wildman–Crippen MR) is 123 cm³/mol. The van der Waals surface area contributed by atoms with E-state index in [2.05, 4.69) is 96.5 Å². The van der Waals surface area contributed by atoms with Crippen LogP contribution in [-0.4, -0.2) is 32.3 Å². The van der Waals surface area contributed by atoms with Crippen molar-refractivity contribution in [1.82, 2.24) is 0 Å². The highest BCUT2D eigenvalue weighted by atomic mass is 16.6. The minimum absolute atomic E-state index is 0.186. The van der Waals surface area contributed by atoms with Crippen LogP contribution >= 0.6 is 0 Å². The van der Waals surface area contributed by atoms with Gasteiger partial charge in [-0.25, -0.2) is 0 Å². The molecule has 0 radical (unpaired) electrons. The lowest BCUT2D eigenvalue weighted by atomic mass is 9.75. The van der Waals surface area contributed by atoms with Crippen molar-refractivity contribution in [2.45, 2.75) is 25.0 Å². The highest BCUT2D eigenvalue weighted by Gasteiger charge is 2.62. The van der Waals surface area contributed by atoms with Gasteiger partial charge in [0.2, 0.25) is 5.72 Å². The van der Waals surface area contributed by atoms with Gasteiger partial charge in [-0.2, -0.15) is 0 Å². The number of carbonyl (C=O) groups is 1. The van der Waals surface area contributed by atoms with Crippen LogP contribution < -0.4 is 9.80 Å². The third-order valence-electron chi connectivity index (χ3n) is 6.59. The second-order valence-electron chi connectivity index (χ2n) is 8.88. The summed E-state index contributed by atoms with van der Waals surface area (Å²) < 4.78 is 6.10. The van der Waals surface area contributed by atoms with E-state index in [0.717, 1.165) is 16.9 Å². The maximum absolute atomic E-state index is 12.5. The van der Waals surface area contributed by atoms with Crippen molar-refractivity contribution in [3.63, 3.8) is 0 Å². The fourth-order valence-electron chi connectivity index (χ4n) is 4.98. The molecule has 30 heavy (non-hydrogen) atoms. The summed E-state index contributed by atoms with van der Waals surface area (Å²) in [5.74, 6) is -0.186. The number of rotatable bonds is 3. The number of anilines is 2. The first-order chi connectivity index (χ1) is 14.3. The van der Waals surface area contributed by atoms with Crippen LogP contribution in [0.5, 0.6) is 0 Å². The van der Waals surface area contributed by atoms with Gasteiger partial charge >= 0.3 is 5.97 Å². The van der Waals surface area contributed by atoms with Crippen LogP contribution in [0.4, 0.5) is 11.4 Å². The average Bonchev–Trinajstić information content (AvgIpc) is 3.17. The number of hydrogen-bond donors (Lipinski definition) is 0. The first-order valence-electron chi connectivity index (χ1n) is 10.3. The monoisotopic (exact) mass is 398 g/mol. The van der Waals surface area contributed by atoms with E-state index in [0.29, 0.717) is 0 Å². The summed E-state index contributed by atoms with van der Waals surface area (Å²) in [5.41, 5.74) is 3.30. The van der Waals surface area contributed by atoms with Gasteiger partial charge in [0.1, 0.15) is 6.54 Å². The molecule has 3 aromatic rings. The van der Waals surface area contributed by atoms with Gasteiger partial charge in [-0.15, -0.1) is 0 Å². The van der Waals surface area contributed by atoms with Crippen LogP contribution in [0, 0.1) is 0 Å². The largest absolute Gasteiger partial charge is 0.433 e. The average molecular weight is 399 g/mol. The molecule has 5 rings (SSSR count). The maximum Gasteiger partial charge on any atom is 0.328 e. The van der Waals surface area contributed by atoms with E-state index in [-0.39, 0.29) is 12.5 Å². The fraction of sp³-hybridized carbons (Fsp3) is 0.269. The highest BCUT2D eigenvalue weighted by Crippen LogP contribution is 2.57. The molecule has 0 bridgehead atoms. The molecule has 0 spiro atoms. The molecule has 2 heterocycles. The second kappa shape index (κ2) is 6.36. The number of esters is 1. The first kappa shape index (κ1) is 18.7. The Morgan fingerprint density at radius 2 is 1.73 bits per heavy atom. The molecule has 1 fully saturated rings. The Hall–Kier alpha value is -3.27. The van der Waals surface area contributed by atoms with E-state index >= 15 is 0 Å². The lowest BCUT2D eigenvalue weighted by Crippen LogP contribution is -2.51. The van der Waals surface area contributed by atoms with Crippen molar-refractivity contribution in [3.8, 4) is 0 Å². The molecule has 1 unspecified atom stereocenters. The molecule has 1 atom stereocenters. The quantitative estimate of drug-likeness (QED) is 0.583. The van der Waals surface area contributed by atoms with Crippen molar-refractivity contribution < 1.29 is 9.53 Å². The van der Waals surface area contributed by atoms with E-state index < -0.39 is 11.1 Å². The number of benzene rings is 3. The Kier molecular flexibility index (Phi) is 3.97. The molecule has 0 aromatic heterocycles. The maximum atomic E-state index is 12.5. The molecule has 4 nitrogen and oxygen atoms in total. The molecular weight excluding hydrogens is 372 g/mol. The molecule has 3 aromatic carbocycles. The lowest BCUT2D eigenvalue weighted by Gasteiger charge is -2.38. The smallest absolute Gasteiger partial charge is 0.328 e. The zero-order valence-electron chi connectivity index (χ0n) is 17.8. The van der Waals surface area contributed by atoms with Crippen molar-refractivity contribution in [2.24, 2.45) is 0 Å². The SMILES string of the molecule is CN(C)c1ccc(/C=C/C23OC(=O)CN2c2ccc4ccccc4c2C3(C)C)cc1. The van der Waals surface area contributed by atoms with Crippen molar-refractivity contribution in [2.75, 3.05) is 30.4 Å². The Balaban J connectivity index is 1.64. The Morgan fingerprint density at radius 1 is 1.00 bits per heavy atom. The van der Waals surface area contributed by atoms with Gasteiger partial charge in [-0.05, 0) is 60.0 Å². The third-order valence-corrected chi connectivity index (χ3v) is 6.59. The summed E-state index contributed by atoms with van der Waals surface area (Å²) in [6.45, 7) is 4.62. The normalized spacial score (nSPS) is 21.7. The topological polar surface area (TPSA) is 32.8 Å². The van der Waals surface area contributed by atoms with Crippen LogP contribution in [0.2, 0.25) is 0 Å². The zero-order chi connectivity index (χ0) is 21.1. The number of ether oxygens (including phenoxy) is 1. The number of fused-ring (bicyclic) bond motifs is 5. The molecule has 2 aliphatic rings. The van der Waals surface area contributed by atoms with Gasteiger partial charge in [0.15, 0.2) is 0 Å². The van der Waals surface area contributed by atoms with E-state index in [1.807, 2.05) is 14.1 Å². The molecule has 0 amide bonds. The van der Waals surface area contributed by atoms with Gasteiger partial charge < -0.3 is 14.5 Å². The number of nitrogens with zero attached hydrogens (tertiary/aromatic N) is 2. The van der Waals surface area contributed by atoms with Gasteiger partial charge in [-0.3, -0.25) is 4.79 Å². The molecule has 152 valence electrons. The summed E-state index contributed by atoms with van der Waals surface area (Å²) in [4.78, 5) is 16.7. The third kappa shape index (κ3) is 2.49. The summed E-state index contributed by atoms with van der Waals surface area (Å²) >= 11 is 0. The van der Waals surface area contributed by atoms with E-state index in [4.69, 9.17) is 4.74 Å². The second-order valence-corrected chi connectivity index (χ2v) is 8.88. The summed E-state index contributed by atoms with van der Waals surface area (Å²) in [5, 5.41) is 2.42. The molecule has 0 N–H and O–H groups in total. The molecule has 4 heteroatoms. The number of carbonyl (C=O) groups excluding carboxylic acids is 1.